The highest BCUT2D eigenvalue weighted by Crippen LogP contribution is 2.44. The number of amides is 2. The number of ether oxygens (including phenoxy) is 2. The minimum atomic E-state index is -1.14. The lowest BCUT2D eigenvalue weighted by molar-refractivity contribution is -0.143. The molecule has 0 fully saturated rings. The molecule has 0 bridgehead atoms. The standard InChI is InChI=1S/C25H30N2O6/c1-16(23(28)27-22(15-32-2)24(29)30)8-7-13-26-25(31)33-14-21-19-11-5-3-9-17(19)18-10-4-6-12-20(18)21/h3-6,9-12,16,21-22H,7-8,13-15H2,1-2H3,(H,26,31)(H,27,28)(H,29,30). The van der Waals surface area contributed by atoms with Gasteiger partial charge in [0.05, 0.1) is 6.61 Å². The van der Waals surface area contributed by atoms with Crippen molar-refractivity contribution in [1.29, 1.82) is 0 Å². The first-order chi connectivity index (χ1) is 15.9. The van der Waals surface area contributed by atoms with E-state index in [0.29, 0.717) is 19.4 Å². The summed E-state index contributed by atoms with van der Waals surface area (Å²) in [6, 6.07) is 15.2. The second-order valence-corrected chi connectivity index (χ2v) is 8.15. The molecule has 8 nitrogen and oxygen atoms in total. The van der Waals surface area contributed by atoms with E-state index in [4.69, 9.17) is 14.6 Å². The molecular formula is C25H30N2O6. The van der Waals surface area contributed by atoms with Crippen molar-refractivity contribution in [3.8, 4) is 11.1 Å². The maximum absolute atomic E-state index is 12.2. The Morgan fingerprint density at radius 2 is 1.64 bits per heavy atom. The molecule has 0 saturated carbocycles. The number of carboxylic acid groups (broad SMARTS) is 1. The topological polar surface area (TPSA) is 114 Å². The molecule has 3 rings (SSSR count). The Labute approximate surface area is 193 Å². The largest absolute Gasteiger partial charge is 0.480 e. The Bertz CT molecular complexity index is 947. The van der Waals surface area contributed by atoms with E-state index in [2.05, 4.69) is 34.9 Å². The molecule has 2 unspecified atom stereocenters. The molecule has 33 heavy (non-hydrogen) atoms. The van der Waals surface area contributed by atoms with E-state index >= 15 is 0 Å². The maximum Gasteiger partial charge on any atom is 0.407 e. The summed E-state index contributed by atoms with van der Waals surface area (Å²) in [5.41, 5.74) is 4.65. The summed E-state index contributed by atoms with van der Waals surface area (Å²) < 4.78 is 10.3. The summed E-state index contributed by atoms with van der Waals surface area (Å²) in [4.78, 5) is 35.5. The van der Waals surface area contributed by atoms with Crippen molar-refractivity contribution in [2.45, 2.75) is 31.7 Å². The first-order valence-corrected chi connectivity index (χ1v) is 11.0. The molecular weight excluding hydrogens is 424 g/mol. The van der Waals surface area contributed by atoms with Gasteiger partial charge in [-0.05, 0) is 35.1 Å². The van der Waals surface area contributed by atoms with Crippen LogP contribution in [0.3, 0.4) is 0 Å². The summed E-state index contributed by atoms with van der Waals surface area (Å²) in [5.74, 6) is -1.90. The zero-order chi connectivity index (χ0) is 23.8. The van der Waals surface area contributed by atoms with Crippen LogP contribution in [-0.4, -0.2) is 56.0 Å². The van der Waals surface area contributed by atoms with Gasteiger partial charge in [0.1, 0.15) is 6.61 Å². The first-order valence-electron chi connectivity index (χ1n) is 11.0. The van der Waals surface area contributed by atoms with Crippen LogP contribution in [-0.2, 0) is 19.1 Å². The van der Waals surface area contributed by atoms with Crippen LogP contribution in [0.1, 0.15) is 36.8 Å². The fourth-order valence-electron chi connectivity index (χ4n) is 4.03. The number of methoxy groups -OCH3 is 1. The second kappa shape index (κ2) is 11.5. The number of rotatable bonds is 11. The number of carboxylic acids is 1. The van der Waals surface area contributed by atoms with E-state index in [1.54, 1.807) is 6.92 Å². The van der Waals surface area contributed by atoms with Gasteiger partial charge in [0, 0.05) is 25.5 Å². The maximum atomic E-state index is 12.2. The number of carbonyl (C=O) groups is 3. The predicted molar refractivity (Wildman–Crippen MR) is 123 cm³/mol. The van der Waals surface area contributed by atoms with Crippen molar-refractivity contribution in [2.24, 2.45) is 5.92 Å². The fourth-order valence-corrected chi connectivity index (χ4v) is 4.03. The van der Waals surface area contributed by atoms with Gasteiger partial charge in [-0.15, -0.1) is 0 Å². The fraction of sp³-hybridized carbons (Fsp3) is 0.400. The highest BCUT2D eigenvalue weighted by molar-refractivity contribution is 5.84. The molecule has 0 spiro atoms. The van der Waals surface area contributed by atoms with Crippen molar-refractivity contribution >= 4 is 18.0 Å². The zero-order valence-electron chi connectivity index (χ0n) is 18.9. The SMILES string of the molecule is COCC(NC(=O)C(C)CCCNC(=O)OCC1c2ccccc2-c2ccccc21)C(=O)O. The molecule has 176 valence electrons. The van der Waals surface area contributed by atoms with Gasteiger partial charge in [0.15, 0.2) is 6.04 Å². The minimum Gasteiger partial charge on any atom is -0.480 e. The van der Waals surface area contributed by atoms with Gasteiger partial charge in [0.2, 0.25) is 5.91 Å². The van der Waals surface area contributed by atoms with Gasteiger partial charge in [0.25, 0.3) is 0 Å². The summed E-state index contributed by atoms with van der Waals surface area (Å²) in [6.45, 7) is 2.22. The summed E-state index contributed by atoms with van der Waals surface area (Å²) >= 11 is 0. The Balaban J connectivity index is 1.41. The summed E-state index contributed by atoms with van der Waals surface area (Å²) in [5, 5.41) is 14.3. The number of nitrogens with one attached hydrogen (secondary N) is 2. The average molecular weight is 455 g/mol. The van der Waals surface area contributed by atoms with Crippen LogP contribution in [0.5, 0.6) is 0 Å². The number of hydrogen-bond acceptors (Lipinski definition) is 5. The van der Waals surface area contributed by atoms with Crippen LogP contribution in [0.15, 0.2) is 48.5 Å². The smallest absolute Gasteiger partial charge is 0.407 e. The number of aliphatic carboxylic acids is 1. The van der Waals surface area contributed by atoms with Crippen molar-refractivity contribution in [3.05, 3.63) is 59.7 Å². The van der Waals surface area contributed by atoms with Crippen LogP contribution in [0, 0.1) is 5.92 Å². The molecule has 1 aliphatic rings. The Morgan fingerprint density at radius 1 is 1.03 bits per heavy atom. The van der Waals surface area contributed by atoms with Crippen LogP contribution in [0.4, 0.5) is 4.79 Å². The van der Waals surface area contributed by atoms with Crippen LogP contribution in [0.2, 0.25) is 0 Å². The quantitative estimate of drug-likeness (QED) is 0.450. The van der Waals surface area contributed by atoms with Crippen LogP contribution < -0.4 is 10.6 Å². The van der Waals surface area contributed by atoms with Crippen LogP contribution in [0.25, 0.3) is 11.1 Å². The molecule has 2 amide bonds. The third-order valence-electron chi connectivity index (χ3n) is 5.82. The zero-order valence-corrected chi connectivity index (χ0v) is 18.9. The summed E-state index contributed by atoms with van der Waals surface area (Å²) in [6.07, 6.45) is 0.551. The highest BCUT2D eigenvalue weighted by atomic mass is 16.5. The monoisotopic (exact) mass is 454 g/mol. The number of alkyl carbamates (subject to hydrolysis) is 1. The van der Waals surface area contributed by atoms with Crippen LogP contribution >= 0.6 is 0 Å². The van der Waals surface area contributed by atoms with Crippen molar-refractivity contribution in [1.82, 2.24) is 10.6 Å². The number of carbonyl (C=O) groups excluding carboxylic acids is 2. The molecule has 0 aliphatic heterocycles. The van der Waals surface area contributed by atoms with E-state index in [9.17, 15) is 14.4 Å². The molecule has 2 aromatic carbocycles. The first kappa shape index (κ1) is 24.3. The second-order valence-electron chi connectivity index (χ2n) is 8.15. The normalized spacial score (nSPS) is 14.0. The lowest BCUT2D eigenvalue weighted by Gasteiger charge is -2.17. The predicted octanol–water partition coefficient (Wildman–Crippen LogP) is 3.16. The van der Waals surface area contributed by atoms with Crippen molar-refractivity contribution in [2.75, 3.05) is 26.9 Å². The van der Waals surface area contributed by atoms with Crippen molar-refractivity contribution < 1.29 is 29.0 Å². The Hall–Kier alpha value is -3.39. The molecule has 0 aromatic heterocycles. The van der Waals surface area contributed by atoms with Gasteiger partial charge in [-0.1, -0.05) is 55.5 Å². The number of fused-ring (bicyclic) bond motifs is 3. The molecule has 2 aromatic rings. The van der Waals surface area contributed by atoms with E-state index in [1.165, 1.54) is 18.2 Å². The molecule has 1 aliphatic carbocycles. The molecule has 8 heteroatoms. The molecule has 3 N–H and O–H groups in total. The summed E-state index contributed by atoms with van der Waals surface area (Å²) in [7, 11) is 1.38. The van der Waals surface area contributed by atoms with Gasteiger partial charge in [-0.25, -0.2) is 9.59 Å². The number of hydrogen-bond donors (Lipinski definition) is 3. The molecule has 2 atom stereocenters. The van der Waals surface area contributed by atoms with E-state index in [0.717, 1.165) is 11.1 Å². The third-order valence-corrected chi connectivity index (χ3v) is 5.82. The molecule has 0 heterocycles. The molecule has 0 saturated heterocycles. The van der Waals surface area contributed by atoms with Crippen molar-refractivity contribution in [3.63, 3.8) is 0 Å². The van der Waals surface area contributed by atoms with E-state index in [1.807, 2.05) is 24.3 Å². The Morgan fingerprint density at radius 3 is 2.21 bits per heavy atom. The molecule has 0 radical (unpaired) electrons. The Kier molecular flexibility index (Phi) is 8.43. The van der Waals surface area contributed by atoms with Gasteiger partial charge >= 0.3 is 12.1 Å². The van der Waals surface area contributed by atoms with Gasteiger partial charge < -0.3 is 25.2 Å². The lowest BCUT2D eigenvalue weighted by Crippen LogP contribution is -2.45. The van der Waals surface area contributed by atoms with E-state index in [-0.39, 0.29) is 25.0 Å². The third kappa shape index (κ3) is 6.10. The lowest BCUT2D eigenvalue weighted by atomic mass is 9.98. The minimum absolute atomic E-state index is 0.00106. The average Bonchev–Trinajstić information content (AvgIpc) is 3.13. The number of benzene rings is 2. The van der Waals surface area contributed by atoms with E-state index < -0.39 is 24.0 Å². The van der Waals surface area contributed by atoms with Gasteiger partial charge in [-0.2, -0.15) is 0 Å². The highest BCUT2D eigenvalue weighted by Gasteiger charge is 2.29. The van der Waals surface area contributed by atoms with Gasteiger partial charge in [-0.3, -0.25) is 4.79 Å².